The maximum Gasteiger partial charge on any atom is 0.317 e. The van der Waals surface area contributed by atoms with Crippen LogP contribution in [0.4, 0.5) is 0 Å². The first kappa shape index (κ1) is 29.7. The summed E-state index contributed by atoms with van der Waals surface area (Å²) in [5, 5.41) is 11.4. The maximum absolute atomic E-state index is 11.3. The Bertz CT molecular complexity index is 1070. The molecular formula is C31H40INO3S. The van der Waals surface area contributed by atoms with Crippen LogP contribution in [0.3, 0.4) is 0 Å². The molecule has 6 heteroatoms. The zero-order valence-corrected chi connectivity index (χ0v) is 25.3. The summed E-state index contributed by atoms with van der Waals surface area (Å²) in [7, 11) is 0. The summed E-state index contributed by atoms with van der Waals surface area (Å²) < 4.78 is 6.59. The van der Waals surface area contributed by atoms with E-state index in [9.17, 15) is 9.90 Å². The van der Waals surface area contributed by atoms with Crippen LogP contribution in [0.15, 0.2) is 60.0 Å². The highest BCUT2D eigenvalue weighted by atomic mass is 127. The Balaban J connectivity index is 1.55. The number of halogens is 1. The molecule has 0 aliphatic heterocycles. The fourth-order valence-electron chi connectivity index (χ4n) is 4.57. The lowest BCUT2D eigenvalue weighted by molar-refractivity contribution is -0.138. The maximum atomic E-state index is 11.3. The lowest BCUT2D eigenvalue weighted by atomic mass is 9.90. The molecule has 1 atom stereocenters. The van der Waals surface area contributed by atoms with E-state index in [4.69, 9.17) is 4.74 Å². The molecule has 2 aromatic carbocycles. The van der Waals surface area contributed by atoms with Gasteiger partial charge in [0.1, 0.15) is 12.4 Å². The number of carboxylic acids is 1. The molecule has 3 rings (SSSR count). The van der Waals surface area contributed by atoms with Crippen LogP contribution < -0.4 is 4.74 Å². The van der Waals surface area contributed by atoms with Crippen molar-refractivity contribution in [2.75, 3.05) is 13.1 Å². The van der Waals surface area contributed by atoms with Gasteiger partial charge in [0.25, 0.3) is 0 Å². The van der Waals surface area contributed by atoms with E-state index in [0.29, 0.717) is 23.0 Å². The molecule has 1 aromatic heterocycles. The first-order valence-corrected chi connectivity index (χ1v) is 15.5. The van der Waals surface area contributed by atoms with Crippen LogP contribution >= 0.6 is 33.9 Å². The van der Waals surface area contributed by atoms with Gasteiger partial charge in [-0.25, -0.2) is 0 Å². The molecule has 4 nitrogen and oxygen atoms in total. The second-order valence-electron chi connectivity index (χ2n) is 9.80. The molecule has 0 saturated carbocycles. The SMILES string of the molecule is CCCC(CCC)c1ccc(OCc2ccc(-c3csc(CN(CCC(C)I)CC(=O)O)c3)cc2)cc1. The van der Waals surface area contributed by atoms with Crippen molar-refractivity contribution in [3.63, 3.8) is 0 Å². The van der Waals surface area contributed by atoms with E-state index in [0.717, 1.165) is 24.3 Å². The van der Waals surface area contributed by atoms with Gasteiger partial charge in [-0.05, 0) is 71.0 Å². The predicted molar refractivity (Wildman–Crippen MR) is 164 cm³/mol. The summed E-state index contributed by atoms with van der Waals surface area (Å²) >= 11 is 4.09. The fourth-order valence-corrected chi connectivity index (χ4v) is 5.79. The van der Waals surface area contributed by atoms with Crippen molar-refractivity contribution in [3.8, 4) is 16.9 Å². The summed E-state index contributed by atoms with van der Waals surface area (Å²) in [6.07, 6.45) is 5.90. The monoisotopic (exact) mass is 633 g/mol. The van der Waals surface area contributed by atoms with Crippen LogP contribution in [0.25, 0.3) is 11.1 Å². The van der Waals surface area contributed by atoms with Gasteiger partial charge < -0.3 is 9.84 Å². The van der Waals surface area contributed by atoms with Gasteiger partial charge in [0.2, 0.25) is 0 Å². The summed E-state index contributed by atoms with van der Waals surface area (Å²) in [6, 6.07) is 19.4. The minimum atomic E-state index is -0.774. The molecule has 200 valence electrons. The van der Waals surface area contributed by atoms with Gasteiger partial charge in [-0.1, -0.05) is 92.6 Å². The van der Waals surface area contributed by atoms with Crippen molar-refractivity contribution in [1.82, 2.24) is 4.90 Å². The fraction of sp³-hybridized carbons (Fsp3) is 0.452. The van der Waals surface area contributed by atoms with Crippen LogP contribution in [0.5, 0.6) is 5.75 Å². The van der Waals surface area contributed by atoms with Crippen LogP contribution in [0.2, 0.25) is 0 Å². The van der Waals surface area contributed by atoms with Gasteiger partial charge in [0.05, 0.1) is 6.54 Å². The highest BCUT2D eigenvalue weighted by molar-refractivity contribution is 14.1. The van der Waals surface area contributed by atoms with Crippen molar-refractivity contribution < 1.29 is 14.6 Å². The van der Waals surface area contributed by atoms with Crippen LogP contribution in [-0.4, -0.2) is 33.0 Å². The van der Waals surface area contributed by atoms with Crippen molar-refractivity contribution in [3.05, 3.63) is 76.0 Å². The molecule has 0 spiro atoms. The summed E-state index contributed by atoms with van der Waals surface area (Å²) in [6.45, 7) is 8.75. The third-order valence-corrected chi connectivity index (χ3v) is 8.10. The van der Waals surface area contributed by atoms with Gasteiger partial charge >= 0.3 is 5.97 Å². The predicted octanol–water partition coefficient (Wildman–Crippen LogP) is 8.78. The zero-order valence-electron chi connectivity index (χ0n) is 22.3. The molecule has 1 N–H and O–H groups in total. The Hall–Kier alpha value is -1.90. The third kappa shape index (κ3) is 10.1. The highest BCUT2D eigenvalue weighted by Crippen LogP contribution is 2.29. The number of hydrogen-bond acceptors (Lipinski definition) is 4. The van der Waals surface area contributed by atoms with Gasteiger partial charge in [0, 0.05) is 21.9 Å². The molecule has 0 bridgehead atoms. The molecule has 1 heterocycles. The molecule has 3 aromatic rings. The van der Waals surface area contributed by atoms with Gasteiger partial charge in [-0.2, -0.15) is 0 Å². The van der Waals surface area contributed by atoms with Gasteiger partial charge in [-0.3, -0.25) is 9.69 Å². The minimum absolute atomic E-state index is 0.0755. The van der Waals surface area contributed by atoms with Crippen LogP contribution in [0.1, 0.15) is 74.8 Å². The van der Waals surface area contributed by atoms with E-state index < -0.39 is 5.97 Å². The lowest BCUT2D eigenvalue weighted by Crippen LogP contribution is -2.30. The lowest BCUT2D eigenvalue weighted by Gasteiger charge is -2.20. The normalized spacial score (nSPS) is 12.3. The second-order valence-corrected chi connectivity index (χ2v) is 12.9. The van der Waals surface area contributed by atoms with Gasteiger partial charge in [-0.15, -0.1) is 11.3 Å². The van der Waals surface area contributed by atoms with E-state index in [-0.39, 0.29) is 6.54 Å². The number of aliphatic carboxylic acids is 1. The number of hydrogen-bond donors (Lipinski definition) is 1. The first-order chi connectivity index (χ1) is 17.9. The molecule has 37 heavy (non-hydrogen) atoms. The molecule has 1 unspecified atom stereocenters. The Morgan fingerprint density at radius 2 is 1.68 bits per heavy atom. The summed E-state index contributed by atoms with van der Waals surface area (Å²) in [5.74, 6) is 0.780. The molecule has 0 amide bonds. The van der Waals surface area contributed by atoms with Crippen LogP contribution in [0, 0.1) is 0 Å². The smallest absolute Gasteiger partial charge is 0.317 e. The topological polar surface area (TPSA) is 49.8 Å². The largest absolute Gasteiger partial charge is 0.489 e. The first-order valence-electron chi connectivity index (χ1n) is 13.4. The van der Waals surface area contributed by atoms with E-state index >= 15 is 0 Å². The Morgan fingerprint density at radius 3 is 2.27 bits per heavy atom. The number of alkyl halides is 1. The number of benzene rings is 2. The standard InChI is InChI=1S/C31H40INO3S/c1-4-6-25(7-5-2)26-12-14-29(15-13-26)36-21-24-8-10-27(11-9-24)28-18-30(37-22-28)19-33(20-31(34)35)17-16-23(3)32/h8-15,18,22-23,25H,4-7,16-17,19-21H2,1-3H3,(H,34,35). The van der Waals surface area contributed by atoms with Crippen molar-refractivity contribution >= 4 is 39.9 Å². The van der Waals surface area contributed by atoms with E-state index in [2.05, 4.69) is 103 Å². The highest BCUT2D eigenvalue weighted by Gasteiger charge is 2.14. The third-order valence-electron chi connectivity index (χ3n) is 6.55. The Labute approximate surface area is 240 Å². The quantitative estimate of drug-likeness (QED) is 0.127. The minimum Gasteiger partial charge on any atom is -0.489 e. The average Bonchev–Trinajstić information content (AvgIpc) is 3.35. The summed E-state index contributed by atoms with van der Waals surface area (Å²) in [4.78, 5) is 14.5. The second kappa shape index (κ2) is 15.5. The molecule has 0 radical (unpaired) electrons. The summed E-state index contributed by atoms with van der Waals surface area (Å²) in [5.41, 5.74) is 4.90. The van der Waals surface area contributed by atoms with Crippen molar-refractivity contribution in [1.29, 1.82) is 0 Å². The molecule has 0 saturated heterocycles. The Kier molecular flexibility index (Phi) is 12.4. The number of carbonyl (C=O) groups is 1. The van der Waals surface area contributed by atoms with Crippen LogP contribution in [-0.2, 0) is 17.9 Å². The van der Waals surface area contributed by atoms with E-state index in [1.165, 1.54) is 47.3 Å². The van der Waals surface area contributed by atoms with Gasteiger partial charge in [0.15, 0.2) is 0 Å². The molecular weight excluding hydrogens is 593 g/mol. The Morgan fingerprint density at radius 1 is 1.00 bits per heavy atom. The number of ether oxygens (including phenoxy) is 1. The molecule has 0 aliphatic rings. The number of nitrogens with zero attached hydrogens (tertiary/aromatic N) is 1. The molecule has 0 aliphatic carbocycles. The van der Waals surface area contributed by atoms with E-state index in [1.54, 1.807) is 11.3 Å². The van der Waals surface area contributed by atoms with E-state index in [1.807, 2.05) is 4.90 Å². The number of thiophene rings is 1. The average molecular weight is 634 g/mol. The zero-order chi connectivity index (χ0) is 26.6. The number of rotatable bonds is 16. The molecule has 0 fully saturated rings. The van der Waals surface area contributed by atoms with Crippen molar-refractivity contribution in [2.45, 2.75) is 75.9 Å². The van der Waals surface area contributed by atoms with Crippen molar-refractivity contribution in [2.24, 2.45) is 0 Å². The number of carboxylic acid groups (broad SMARTS) is 1.